The van der Waals surface area contributed by atoms with E-state index in [-0.39, 0.29) is 23.5 Å². The molecule has 0 atom stereocenters. The van der Waals surface area contributed by atoms with Crippen LogP contribution in [0.2, 0.25) is 0 Å². The first-order chi connectivity index (χ1) is 10.5. The molecule has 0 aliphatic rings. The van der Waals surface area contributed by atoms with Crippen molar-refractivity contribution in [1.82, 2.24) is 0 Å². The average molecular weight is 304 g/mol. The Labute approximate surface area is 126 Å². The lowest BCUT2D eigenvalue weighted by Crippen LogP contribution is -2.08. The molecule has 0 fully saturated rings. The number of carbonyl (C=O) groups is 1. The van der Waals surface area contributed by atoms with Gasteiger partial charge in [-0.15, -0.1) is 0 Å². The Hall–Kier alpha value is -2.76. The van der Waals surface area contributed by atoms with Gasteiger partial charge in [0.25, 0.3) is 0 Å². The first-order valence-corrected chi connectivity index (χ1v) is 6.55. The highest BCUT2D eigenvalue weighted by molar-refractivity contribution is 5.88. The number of hydrogen-bond donors (Lipinski definition) is 1. The van der Waals surface area contributed by atoms with Gasteiger partial charge >= 0.3 is 11.6 Å². The molecule has 1 heterocycles. The van der Waals surface area contributed by atoms with Crippen molar-refractivity contribution < 1.29 is 23.8 Å². The molecule has 0 bridgehead atoms. The summed E-state index contributed by atoms with van der Waals surface area (Å²) in [5.74, 6) is -0.438. The van der Waals surface area contributed by atoms with E-state index in [1.54, 1.807) is 25.1 Å². The molecule has 0 unspecified atom stereocenters. The smallest absolute Gasteiger partial charge is 0.339 e. The van der Waals surface area contributed by atoms with Crippen LogP contribution in [0.1, 0.15) is 12.5 Å². The molecule has 0 amide bonds. The zero-order chi connectivity index (χ0) is 16.3. The van der Waals surface area contributed by atoms with Crippen LogP contribution in [-0.4, -0.2) is 25.3 Å². The fourth-order valence-electron chi connectivity index (χ4n) is 2.04. The van der Waals surface area contributed by atoms with Gasteiger partial charge in [-0.2, -0.15) is 0 Å². The molecule has 0 aliphatic heterocycles. The fourth-order valence-corrected chi connectivity index (χ4v) is 2.04. The van der Waals surface area contributed by atoms with Crippen molar-refractivity contribution in [2.24, 2.45) is 0 Å². The van der Waals surface area contributed by atoms with Gasteiger partial charge in [-0.1, -0.05) is 6.08 Å². The quantitative estimate of drug-likeness (QED) is 0.529. The van der Waals surface area contributed by atoms with Gasteiger partial charge in [0.2, 0.25) is 5.75 Å². The SMILES string of the molecule is COC(=O)/C(C)=C/Cc1cc2ccc(O)c(OC)c2oc1=O. The van der Waals surface area contributed by atoms with Crippen molar-refractivity contribution in [2.45, 2.75) is 13.3 Å². The van der Waals surface area contributed by atoms with Crippen LogP contribution in [0.3, 0.4) is 0 Å². The van der Waals surface area contributed by atoms with Crippen molar-refractivity contribution in [2.75, 3.05) is 14.2 Å². The Morgan fingerprint density at radius 2 is 2.09 bits per heavy atom. The summed E-state index contributed by atoms with van der Waals surface area (Å²) in [7, 11) is 2.67. The van der Waals surface area contributed by atoms with Gasteiger partial charge in [-0.25, -0.2) is 9.59 Å². The maximum absolute atomic E-state index is 12.0. The third-order valence-corrected chi connectivity index (χ3v) is 3.25. The Balaban J connectivity index is 2.46. The Morgan fingerprint density at radius 1 is 1.36 bits per heavy atom. The van der Waals surface area contributed by atoms with Crippen molar-refractivity contribution in [3.63, 3.8) is 0 Å². The van der Waals surface area contributed by atoms with E-state index in [1.807, 2.05) is 0 Å². The second-order valence-corrected chi connectivity index (χ2v) is 4.68. The van der Waals surface area contributed by atoms with E-state index in [1.165, 1.54) is 20.3 Å². The summed E-state index contributed by atoms with van der Waals surface area (Å²) in [5.41, 5.74) is 0.434. The number of ether oxygens (including phenoxy) is 2. The molecular formula is C16H16O6. The summed E-state index contributed by atoms with van der Waals surface area (Å²) in [4.78, 5) is 23.3. The topological polar surface area (TPSA) is 86.0 Å². The number of benzene rings is 1. The summed E-state index contributed by atoms with van der Waals surface area (Å²) in [6, 6.07) is 4.72. The summed E-state index contributed by atoms with van der Waals surface area (Å²) < 4.78 is 14.9. The number of phenols is 1. The minimum atomic E-state index is -0.551. The molecule has 1 N–H and O–H groups in total. The summed E-state index contributed by atoms with van der Waals surface area (Å²) in [5, 5.41) is 10.3. The Morgan fingerprint density at radius 3 is 2.73 bits per heavy atom. The molecule has 2 rings (SSSR count). The highest BCUT2D eigenvalue weighted by Gasteiger charge is 2.13. The van der Waals surface area contributed by atoms with E-state index >= 15 is 0 Å². The van der Waals surface area contributed by atoms with Gasteiger partial charge in [0.15, 0.2) is 11.3 Å². The second kappa shape index (κ2) is 6.34. The van der Waals surface area contributed by atoms with Gasteiger partial charge < -0.3 is 19.0 Å². The molecule has 0 aliphatic carbocycles. The zero-order valence-electron chi connectivity index (χ0n) is 12.5. The van der Waals surface area contributed by atoms with Crippen molar-refractivity contribution in [3.05, 3.63) is 45.8 Å². The van der Waals surface area contributed by atoms with E-state index < -0.39 is 11.6 Å². The van der Waals surface area contributed by atoms with Crippen LogP contribution in [0.4, 0.5) is 0 Å². The van der Waals surface area contributed by atoms with Crippen LogP contribution >= 0.6 is 0 Å². The molecule has 0 saturated heterocycles. The molecule has 22 heavy (non-hydrogen) atoms. The molecule has 116 valence electrons. The molecule has 6 heteroatoms. The Kier molecular flexibility index (Phi) is 4.50. The molecule has 0 saturated carbocycles. The highest BCUT2D eigenvalue weighted by Crippen LogP contribution is 2.33. The lowest BCUT2D eigenvalue weighted by molar-refractivity contribution is -0.136. The fraction of sp³-hybridized carbons (Fsp3) is 0.250. The maximum atomic E-state index is 12.0. The van der Waals surface area contributed by atoms with Crippen LogP contribution in [0.15, 0.2) is 39.1 Å². The Bertz CT molecular complexity index is 800. The van der Waals surface area contributed by atoms with E-state index in [4.69, 9.17) is 9.15 Å². The molecule has 1 aromatic heterocycles. The van der Waals surface area contributed by atoms with Crippen LogP contribution < -0.4 is 10.4 Å². The number of rotatable bonds is 4. The van der Waals surface area contributed by atoms with Crippen LogP contribution in [0.25, 0.3) is 11.0 Å². The van der Waals surface area contributed by atoms with Gasteiger partial charge in [-0.3, -0.25) is 0 Å². The van der Waals surface area contributed by atoms with Gasteiger partial charge in [0.05, 0.1) is 14.2 Å². The van der Waals surface area contributed by atoms with Gasteiger partial charge in [-0.05, 0) is 31.5 Å². The maximum Gasteiger partial charge on any atom is 0.339 e. The number of methoxy groups -OCH3 is 2. The van der Waals surface area contributed by atoms with E-state index in [2.05, 4.69) is 4.74 Å². The van der Waals surface area contributed by atoms with E-state index in [0.29, 0.717) is 16.5 Å². The number of esters is 1. The van der Waals surface area contributed by atoms with Crippen LogP contribution in [0.5, 0.6) is 11.5 Å². The molecule has 1 aromatic carbocycles. The van der Waals surface area contributed by atoms with E-state index in [9.17, 15) is 14.7 Å². The minimum Gasteiger partial charge on any atom is -0.504 e. The largest absolute Gasteiger partial charge is 0.504 e. The van der Waals surface area contributed by atoms with Crippen LogP contribution in [0, 0.1) is 0 Å². The number of aromatic hydroxyl groups is 1. The molecule has 0 radical (unpaired) electrons. The number of carbonyl (C=O) groups excluding carboxylic acids is 1. The number of fused-ring (bicyclic) bond motifs is 1. The zero-order valence-corrected chi connectivity index (χ0v) is 12.5. The van der Waals surface area contributed by atoms with Crippen molar-refractivity contribution in [1.29, 1.82) is 0 Å². The van der Waals surface area contributed by atoms with Crippen molar-refractivity contribution >= 4 is 16.9 Å². The predicted molar refractivity (Wildman–Crippen MR) is 80.2 cm³/mol. The van der Waals surface area contributed by atoms with E-state index in [0.717, 1.165) is 0 Å². The number of phenolic OH excluding ortho intramolecular Hbond substituents is 1. The normalized spacial score (nSPS) is 11.5. The lowest BCUT2D eigenvalue weighted by Gasteiger charge is -2.07. The van der Waals surface area contributed by atoms with Crippen molar-refractivity contribution in [3.8, 4) is 11.5 Å². The van der Waals surface area contributed by atoms with Gasteiger partial charge in [0.1, 0.15) is 0 Å². The van der Waals surface area contributed by atoms with Gasteiger partial charge in [0, 0.05) is 16.5 Å². The third kappa shape index (κ3) is 2.95. The summed E-state index contributed by atoms with van der Waals surface area (Å²) in [6.07, 6.45) is 1.84. The summed E-state index contributed by atoms with van der Waals surface area (Å²) >= 11 is 0. The van der Waals surface area contributed by atoms with Crippen LogP contribution in [-0.2, 0) is 16.0 Å². The second-order valence-electron chi connectivity index (χ2n) is 4.68. The highest BCUT2D eigenvalue weighted by atomic mass is 16.5. The molecular weight excluding hydrogens is 288 g/mol. The number of hydrogen-bond acceptors (Lipinski definition) is 6. The third-order valence-electron chi connectivity index (χ3n) is 3.25. The summed E-state index contributed by atoms with van der Waals surface area (Å²) in [6.45, 7) is 1.61. The molecule has 2 aromatic rings. The lowest BCUT2D eigenvalue weighted by atomic mass is 10.1. The minimum absolute atomic E-state index is 0.104. The predicted octanol–water partition coefficient (Wildman–Crippen LogP) is 2.17. The number of allylic oxidation sites excluding steroid dienone is 1. The average Bonchev–Trinajstić information content (AvgIpc) is 2.52. The molecule has 6 nitrogen and oxygen atoms in total. The first kappa shape index (κ1) is 15.6. The first-order valence-electron chi connectivity index (χ1n) is 6.55. The standard InChI is InChI=1S/C16H16O6/c1-9(15(18)21-3)4-5-11-8-10-6-7-12(17)14(20-2)13(10)22-16(11)19/h4,6-8,17H,5H2,1-3H3/b9-4+. The molecule has 0 spiro atoms. The monoisotopic (exact) mass is 304 g/mol.